The van der Waals surface area contributed by atoms with Gasteiger partial charge >= 0.3 is 0 Å². The van der Waals surface area contributed by atoms with E-state index < -0.39 is 28.5 Å². The number of fused-ring (bicyclic) bond motifs is 1. The normalized spacial score (nSPS) is 37.8. The van der Waals surface area contributed by atoms with Crippen LogP contribution >= 0.6 is 0 Å². The van der Waals surface area contributed by atoms with E-state index in [1.165, 1.54) is 0 Å². The summed E-state index contributed by atoms with van der Waals surface area (Å²) in [6.07, 6.45) is -0.674. The SMILES string of the molecule is CCC[S@+]([O-])[C@H]1CO[C@H]2[C@@H]1OC[C@H]2O[N+](=O)[O-]. The highest BCUT2D eigenvalue weighted by Gasteiger charge is 2.53. The van der Waals surface area contributed by atoms with Gasteiger partial charge in [0.25, 0.3) is 5.09 Å². The first-order valence-corrected chi connectivity index (χ1v) is 6.93. The van der Waals surface area contributed by atoms with Crippen LogP contribution in [0.1, 0.15) is 13.3 Å². The van der Waals surface area contributed by atoms with Crippen molar-refractivity contribution in [2.75, 3.05) is 19.0 Å². The van der Waals surface area contributed by atoms with Crippen molar-refractivity contribution in [3.8, 4) is 0 Å². The van der Waals surface area contributed by atoms with Gasteiger partial charge in [-0.15, -0.1) is 10.1 Å². The third-order valence-corrected chi connectivity index (χ3v) is 4.82. The van der Waals surface area contributed by atoms with Crippen LogP contribution in [0.4, 0.5) is 0 Å². The molecule has 2 fully saturated rings. The van der Waals surface area contributed by atoms with E-state index in [0.29, 0.717) is 12.4 Å². The molecule has 98 valence electrons. The van der Waals surface area contributed by atoms with Crippen LogP contribution in [0.5, 0.6) is 0 Å². The molecule has 0 spiro atoms. The minimum Gasteiger partial charge on any atom is -0.616 e. The van der Waals surface area contributed by atoms with Gasteiger partial charge in [-0.3, -0.25) is 0 Å². The molecule has 0 amide bonds. The molecule has 2 aliphatic heterocycles. The molecule has 5 atom stereocenters. The summed E-state index contributed by atoms with van der Waals surface area (Å²) in [5.41, 5.74) is 0. The zero-order valence-corrected chi connectivity index (χ0v) is 10.3. The van der Waals surface area contributed by atoms with Crippen molar-refractivity contribution in [1.29, 1.82) is 0 Å². The zero-order valence-electron chi connectivity index (χ0n) is 9.44. The maximum atomic E-state index is 11.9. The molecule has 2 rings (SSSR count). The van der Waals surface area contributed by atoms with Gasteiger partial charge in [-0.1, -0.05) is 6.92 Å². The van der Waals surface area contributed by atoms with E-state index in [1.807, 2.05) is 6.92 Å². The summed E-state index contributed by atoms with van der Waals surface area (Å²) in [5, 5.41) is 9.24. The van der Waals surface area contributed by atoms with E-state index in [1.54, 1.807) is 0 Å². The van der Waals surface area contributed by atoms with Crippen molar-refractivity contribution in [2.45, 2.75) is 36.9 Å². The van der Waals surface area contributed by atoms with Crippen LogP contribution in [-0.4, -0.2) is 52.2 Å². The zero-order chi connectivity index (χ0) is 12.4. The van der Waals surface area contributed by atoms with Gasteiger partial charge in [0.15, 0.2) is 11.4 Å². The summed E-state index contributed by atoms with van der Waals surface area (Å²) in [4.78, 5) is 14.8. The topological polar surface area (TPSA) is 93.9 Å². The van der Waals surface area contributed by atoms with E-state index in [0.717, 1.165) is 6.42 Å². The summed E-state index contributed by atoms with van der Waals surface area (Å²) >= 11 is -1.01. The molecule has 0 aromatic carbocycles. The van der Waals surface area contributed by atoms with E-state index in [2.05, 4.69) is 4.84 Å². The Bertz CT molecular complexity index is 291. The Morgan fingerprint density at radius 1 is 1.41 bits per heavy atom. The van der Waals surface area contributed by atoms with Crippen LogP contribution in [0.3, 0.4) is 0 Å². The fourth-order valence-electron chi connectivity index (χ4n) is 2.21. The lowest BCUT2D eigenvalue weighted by Gasteiger charge is -2.20. The third kappa shape index (κ3) is 2.65. The van der Waals surface area contributed by atoms with Crippen molar-refractivity contribution >= 4 is 11.2 Å². The number of nitrogens with zero attached hydrogens (tertiary/aromatic N) is 1. The quantitative estimate of drug-likeness (QED) is 0.391. The molecular formula is C9H15NO6S. The van der Waals surface area contributed by atoms with Gasteiger partial charge in [-0.05, 0) is 17.6 Å². The highest BCUT2D eigenvalue weighted by molar-refractivity contribution is 7.92. The molecule has 2 aliphatic rings. The monoisotopic (exact) mass is 265 g/mol. The standard InChI is InChI=1S/C9H15NO6S/c1-2-3-17(13)7-5-15-8-6(16-10(11)12)4-14-9(7)8/h6-9H,2-5H2,1H3/t6-,7+,8-,9-,17+/m1/s1. The predicted octanol–water partition coefficient (Wildman–Crippen LogP) is -0.112. The smallest absolute Gasteiger partial charge is 0.294 e. The van der Waals surface area contributed by atoms with Crippen molar-refractivity contribution in [3.63, 3.8) is 0 Å². The molecule has 17 heavy (non-hydrogen) atoms. The fraction of sp³-hybridized carbons (Fsp3) is 1.00. The molecule has 0 aliphatic carbocycles. The van der Waals surface area contributed by atoms with E-state index in [9.17, 15) is 14.7 Å². The minimum atomic E-state index is -1.01. The van der Waals surface area contributed by atoms with Crippen LogP contribution in [0, 0.1) is 10.1 Å². The molecule has 8 heteroatoms. The Morgan fingerprint density at radius 2 is 2.12 bits per heavy atom. The summed E-state index contributed by atoms with van der Waals surface area (Å²) in [6, 6.07) is 0. The van der Waals surface area contributed by atoms with Crippen LogP contribution in [-0.2, 0) is 25.5 Å². The average Bonchev–Trinajstić information content (AvgIpc) is 2.80. The second kappa shape index (κ2) is 5.38. The van der Waals surface area contributed by atoms with E-state index in [-0.39, 0.29) is 18.0 Å². The van der Waals surface area contributed by atoms with Crippen LogP contribution in [0.2, 0.25) is 0 Å². The number of hydrogen-bond donors (Lipinski definition) is 0. The molecule has 0 bridgehead atoms. The molecule has 0 aromatic rings. The largest absolute Gasteiger partial charge is 0.616 e. The lowest BCUT2D eigenvalue weighted by Crippen LogP contribution is -2.38. The van der Waals surface area contributed by atoms with Gasteiger partial charge in [0.2, 0.25) is 0 Å². The Balaban J connectivity index is 1.94. The first-order chi connectivity index (χ1) is 8.13. The van der Waals surface area contributed by atoms with Crippen LogP contribution < -0.4 is 0 Å². The molecule has 0 N–H and O–H groups in total. The first kappa shape index (κ1) is 12.9. The summed E-state index contributed by atoms with van der Waals surface area (Å²) < 4.78 is 22.7. The molecule has 0 aromatic heterocycles. The van der Waals surface area contributed by atoms with Crippen molar-refractivity contribution in [1.82, 2.24) is 0 Å². The molecule has 7 nitrogen and oxygen atoms in total. The van der Waals surface area contributed by atoms with E-state index >= 15 is 0 Å². The average molecular weight is 265 g/mol. The third-order valence-electron chi connectivity index (χ3n) is 2.93. The lowest BCUT2D eigenvalue weighted by molar-refractivity contribution is -0.769. The highest BCUT2D eigenvalue weighted by Crippen LogP contribution is 2.32. The Hall–Kier alpha value is -0.570. The highest BCUT2D eigenvalue weighted by atomic mass is 32.2. The fourth-order valence-corrected chi connectivity index (χ4v) is 3.68. The molecule has 0 saturated carbocycles. The second-order valence-electron chi connectivity index (χ2n) is 4.09. The number of ether oxygens (including phenoxy) is 2. The predicted molar refractivity (Wildman–Crippen MR) is 58.4 cm³/mol. The van der Waals surface area contributed by atoms with Crippen LogP contribution in [0.15, 0.2) is 0 Å². The Morgan fingerprint density at radius 3 is 2.76 bits per heavy atom. The molecule has 2 saturated heterocycles. The summed E-state index contributed by atoms with van der Waals surface area (Å²) in [7, 11) is 0. The molecule has 2 heterocycles. The maximum absolute atomic E-state index is 11.9. The van der Waals surface area contributed by atoms with Gasteiger partial charge < -0.3 is 18.9 Å². The Labute approximate surface area is 102 Å². The minimum absolute atomic E-state index is 0.121. The van der Waals surface area contributed by atoms with E-state index in [4.69, 9.17) is 9.47 Å². The summed E-state index contributed by atoms with van der Waals surface area (Å²) in [5.74, 6) is 0.599. The van der Waals surface area contributed by atoms with Gasteiger partial charge in [0, 0.05) is 0 Å². The van der Waals surface area contributed by atoms with Gasteiger partial charge in [-0.2, -0.15) is 0 Å². The van der Waals surface area contributed by atoms with Crippen molar-refractivity contribution in [2.24, 2.45) is 0 Å². The van der Waals surface area contributed by atoms with Crippen molar-refractivity contribution < 1.29 is 24.0 Å². The second-order valence-corrected chi connectivity index (χ2v) is 5.86. The Kier molecular flexibility index (Phi) is 4.08. The molecule has 0 radical (unpaired) electrons. The van der Waals surface area contributed by atoms with Gasteiger partial charge in [0.05, 0.1) is 13.2 Å². The molecular weight excluding hydrogens is 250 g/mol. The maximum Gasteiger partial charge on any atom is 0.294 e. The van der Waals surface area contributed by atoms with Crippen molar-refractivity contribution in [3.05, 3.63) is 10.1 Å². The van der Waals surface area contributed by atoms with Crippen LogP contribution in [0.25, 0.3) is 0 Å². The first-order valence-electron chi connectivity index (χ1n) is 5.55. The molecule has 0 unspecified atom stereocenters. The number of hydrogen-bond acceptors (Lipinski definition) is 6. The lowest BCUT2D eigenvalue weighted by atomic mass is 10.1. The van der Waals surface area contributed by atoms with Gasteiger partial charge in [-0.25, -0.2) is 0 Å². The van der Waals surface area contributed by atoms with Gasteiger partial charge in [0.1, 0.15) is 18.0 Å². The number of rotatable bonds is 5. The summed E-state index contributed by atoms with van der Waals surface area (Å²) in [6.45, 7) is 2.40.